The van der Waals surface area contributed by atoms with E-state index in [0.717, 1.165) is 11.8 Å². The minimum atomic E-state index is 0.214. The molecule has 2 unspecified atom stereocenters. The Balaban J connectivity index is 1.95. The third kappa shape index (κ3) is 4.96. The van der Waals surface area contributed by atoms with E-state index in [1.807, 2.05) is 0 Å². The number of allylic oxidation sites excluding steroid dienone is 5. The molecule has 0 nitrogen and oxygen atoms in total. The summed E-state index contributed by atoms with van der Waals surface area (Å²) in [6.07, 6.45) is 23.3. The van der Waals surface area contributed by atoms with Crippen LogP contribution in [0.1, 0.15) is 103 Å². The summed E-state index contributed by atoms with van der Waals surface area (Å²) in [6.45, 7) is 9.47. The molecule has 0 heterocycles. The molecule has 0 radical (unpaired) electrons. The van der Waals surface area contributed by atoms with Crippen LogP contribution in [0.3, 0.4) is 0 Å². The van der Waals surface area contributed by atoms with Crippen molar-refractivity contribution in [3.8, 4) is 0 Å². The van der Waals surface area contributed by atoms with Crippen molar-refractivity contribution in [2.75, 3.05) is 0 Å². The fourth-order valence-corrected chi connectivity index (χ4v) is 5.61. The fourth-order valence-electron chi connectivity index (χ4n) is 5.61. The van der Waals surface area contributed by atoms with E-state index in [9.17, 15) is 0 Å². The van der Waals surface area contributed by atoms with Crippen molar-refractivity contribution in [3.05, 3.63) is 59.2 Å². The van der Waals surface area contributed by atoms with Gasteiger partial charge in [0, 0.05) is 5.41 Å². The van der Waals surface area contributed by atoms with Crippen molar-refractivity contribution >= 4 is 11.6 Å². The quantitative estimate of drug-likeness (QED) is 0.333. The Bertz CT molecular complexity index is 727. The molecule has 2 atom stereocenters. The summed E-state index contributed by atoms with van der Waals surface area (Å²) >= 11 is 0. The average molecular weight is 391 g/mol. The maximum Gasteiger partial charge on any atom is 0.0147 e. The molecule has 2 aliphatic carbocycles. The van der Waals surface area contributed by atoms with E-state index in [4.69, 9.17) is 0 Å². The zero-order valence-electron chi connectivity index (χ0n) is 19.3. The van der Waals surface area contributed by atoms with Crippen LogP contribution >= 0.6 is 0 Å². The van der Waals surface area contributed by atoms with Crippen LogP contribution in [0.2, 0.25) is 0 Å². The molecule has 0 fully saturated rings. The van der Waals surface area contributed by atoms with Gasteiger partial charge in [0.1, 0.15) is 0 Å². The van der Waals surface area contributed by atoms with Crippen LogP contribution in [0.5, 0.6) is 0 Å². The third-order valence-electron chi connectivity index (χ3n) is 7.45. The molecule has 0 saturated carbocycles. The number of hydrogen-bond acceptors (Lipinski definition) is 0. The second kappa shape index (κ2) is 10.5. The fraction of sp³-hybridized carbons (Fsp3) is 0.586. The van der Waals surface area contributed by atoms with Crippen molar-refractivity contribution in [2.45, 2.75) is 91.9 Å². The van der Waals surface area contributed by atoms with Gasteiger partial charge in [0.15, 0.2) is 0 Å². The standard InChI is InChI=1S/C29H42/c1-5-9-14-23(7-3)21-29(22-24(8-4)15-10-6-2)19-13-18-27-26-17-12-11-16-25(26)20-28(27)29/h11-13,16-20,23-24H,5-10,14-15,21-22H2,1-4H3. The van der Waals surface area contributed by atoms with Crippen molar-refractivity contribution in [1.82, 2.24) is 0 Å². The van der Waals surface area contributed by atoms with Gasteiger partial charge in [0.2, 0.25) is 0 Å². The number of hydrogen-bond donors (Lipinski definition) is 0. The Morgan fingerprint density at radius 1 is 0.828 bits per heavy atom. The summed E-state index contributed by atoms with van der Waals surface area (Å²) in [6, 6.07) is 9.00. The number of rotatable bonds is 12. The molecule has 158 valence electrons. The predicted octanol–water partition coefficient (Wildman–Crippen LogP) is 9.24. The predicted molar refractivity (Wildman–Crippen MR) is 130 cm³/mol. The minimum absolute atomic E-state index is 0.214. The monoisotopic (exact) mass is 390 g/mol. The molecule has 0 N–H and O–H groups in total. The molecule has 0 heteroatoms. The lowest BCUT2D eigenvalue weighted by Gasteiger charge is -2.41. The van der Waals surface area contributed by atoms with Gasteiger partial charge >= 0.3 is 0 Å². The topological polar surface area (TPSA) is 0 Å². The molecule has 0 aliphatic heterocycles. The molecular weight excluding hydrogens is 348 g/mol. The zero-order valence-corrected chi connectivity index (χ0v) is 19.3. The van der Waals surface area contributed by atoms with E-state index in [1.165, 1.54) is 80.9 Å². The lowest BCUT2D eigenvalue weighted by molar-refractivity contribution is 0.239. The first kappa shape index (κ1) is 22.1. The van der Waals surface area contributed by atoms with Gasteiger partial charge in [-0.1, -0.05) is 122 Å². The van der Waals surface area contributed by atoms with E-state index in [-0.39, 0.29) is 5.41 Å². The first-order chi connectivity index (χ1) is 14.2. The number of unbranched alkanes of at least 4 members (excludes halogenated alkanes) is 2. The van der Waals surface area contributed by atoms with Crippen molar-refractivity contribution < 1.29 is 0 Å². The van der Waals surface area contributed by atoms with Crippen LogP contribution < -0.4 is 0 Å². The Labute approximate surface area is 180 Å². The highest BCUT2D eigenvalue weighted by molar-refractivity contribution is 5.97. The molecular formula is C29H42. The van der Waals surface area contributed by atoms with Crippen LogP contribution in [-0.2, 0) is 0 Å². The van der Waals surface area contributed by atoms with Crippen LogP contribution in [0.25, 0.3) is 11.6 Å². The largest absolute Gasteiger partial charge is 0.0739 e. The summed E-state index contributed by atoms with van der Waals surface area (Å²) in [5.74, 6) is 1.65. The Hall–Kier alpha value is -1.56. The first-order valence-electron chi connectivity index (χ1n) is 12.4. The Kier molecular flexibility index (Phi) is 7.99. The normalized spacial score (nSPS) is 21.9. The lowest BCUT2D eigenvalue weighted by Crippen LogP contribution is -2.29. The van der Waals surface area contributed by atoms with Crippen LogP contribution in [-0.4, -0.2) is 0 Å². The van der Waals surface area contributed by atoms with Gasteiger partial charge in [0.05, 0.1) is 0 Å². The lowest BCUT2D eigenvalue weighted by atomic mass is 9.63. The van der Waals surface area contributed by atoms with E-state index in [0.29, 0.717) is 0 Å². The van der Waals surface area contributed by atoms with E-state index in [1.54, 1.807) is 5.57 Å². The van der Waals surface area contributed by atoms with E-state index < -0.39 is 0 Å². The minimum Gasteiger partial charge on any atom is -0.0739 e. The van der Waals surface area contributed by atoms with E-state index in [2.05, 4.69) is 76.3 Å². The second-order valence-corrected chi connectivity index (χ2v) is 9.48. The maximum absolute atomic E-state index is 2.59. The van der Waals surface area contributed by atoms with Crippen LogP contribution in [0.4, 0.5) is 0 Å². The molecule has 0 saturated heterocycles. The molecule has 0 spiro atoms. The smallest absolute Gasteiger partial charge is 0.0147 e. The summed E-state index contributed by atoms with van der Waals surface area (Å²) in [5, 5.41) is 0. The van der Waals surface area contributed by atoms with Crippen molar-refractivity contribution in [1.29, 1.82) is 0 Å². The van der Waals surface area contributed by atoms with Gasteiger partial charge in [-0.15, -0.1) is 0 Å². The molecule has 0 amide bonds. The van der Waals surface area contributed by atoms with Gasteiger partial charge in [-0.25, -0.2) is 0 Å². The highest BCUT2D eigenvalue weighted by Crippen LogP contribution is 2.54. The van der Waals surface area contributed by atoms with Gasteiger partial charge in [0.25, 0.3) is 0 Å². The molecule has 0 aromatic heterocycles. The van der Waals surface area contributed by atoms with Crippen LogP contribution in [0, 0.1) is 17.3 Å². The summed E-state index contributed by atoms with van der Waals surface area (Å²) < 4.78 is 0. The third-order valence-corrected chi connectivity index (χ3v) is 7.45. The summed E-state index contributed by atoms with van der Waals surface area (Å²) in [5.41, 5.74) is 6.20. The van der Waals surface area contributed by atoms with E-state index >= 15 is 0 Å². The molecule has 3 rings (SSSR count). The molecule has 2 aliphatic rings. The van der Waals surface area contributed by atoms with Gasteiger partial charge < -0.3 is 0 Å². The van der Waals surface area contributed by atoms with Gasteiger partial charge in [-0.3, -0.25) is 0 Å². The van der Waals surface area contributed by atoms with Crippen molar-refractivity contribution in [3.63, 3.8) is 0 Å². The molecule has 1 aromatic rings. The van der Waals surface area contributed by atoms with Crippen LogP contribution in [0.15, 0.2) is 48.1 Å². The first-order valence-corrected chi connectivity index (χ1v) is 12.4. The SMILES string of the molecule is CCCCC(CC)CC1(CC(CC)CCCC)C=CC=C2C1=Cc1ccccc12. The Morgan fingerprint density at radius 2 is 1.45 bits per heavy atom. The molecule has 1 aromatic carbocycles. The van der Waals surface area contributed by atoms with Gasteiger partial charge in [-0.2, -0.15) is 0 Å². The highest BCUT2D eigenvalue weighted by Gasteiger charge is 2.40. The summed E-state index contributed by atoms with van der Waals surface area (Å²) in [7, 11) is 0. The summed E-state index contributed by atoms with van der Waals surface area (Å²) in [4.78, 5) is 0. The number of fused-ring (bicyclic) bond motifs is 3. The van der Waals surface area contributed by atoms with Gasteiger partial charge in [-0.05, 0) is 53.0 Å². The molecule has 0 bridgehead atoms. The second-order valence-electron chi connectivity index (χ2n) is 9.48. The molecule has 29 heavy (non-hydrogen) atoms. The highest BCUT2D eigenvalue weighted by atomic mass is 14.4. The average Bonchev–Trinajstić information content (AvgIpc) is 3.14. The number of benzene rings is 1. The Morgan fingerprint density at radius 3 is 2.03 bits per heavy atom. The zero-order chi connectivity index (χ0) is 20.7. The maximum atomic E-state index is 2.59. The van der Waals surface area contributed by atoms with Crippen molar-refractivity contribution in [2.24, 2.45) is 17.3 Å².